The fraction of sp³-hybridized carbons (Fsp3) is 0.381. The summed E-state index contributed by atoms with van der Waals surface area (Å²) in [7, 11) is 0. The van der Waals surface area contributed by atoms with E-state index in [4.69, 9.17) is 0 Å². The maximum Gasteiger partial charge on any atom is 0.195 e. The second-order valence-electron chi connectivity index (χ2n) is 6.56. The van der Waals surface area contributed by atoms with E-state index < -0.39 is 17.4 Å². The van der Waals surface area contributed by atoms with Gasteiger partial charge in [0.25, 0.3) is 0 Å². The zero-order chi connectivity index (χ0) is 17.5. The molecule has 0 N–H and O–H groups in total. The normalized spacial score (nSPS) is 14.7. The Hall–Kier alpha value is -2.03. The SMILES string of the molecule is CC1CCCCC1.Cc1ccc(C(=O)c2ccc(F)cc2F)cc1. The van der Waals surface area contributed by atoms with Crippen LogP contribution in [0.15, 0.2) is 42.5 Å². The van der Waals surface area contributed by atoms with Crippen LogP contribution in [0.1, 0.15) is 60.5 Å². The van der Waals surface area contributed by atoms with Gasteiger partial charge in [0.15, 0.2) is 5.78 Å². The molecule has 0 radical (unpaired) electrons. The number of hydrogen-bond donors (Lipinski definition) is 0. The first kappa shape index (κ1) is 18.3. The topological polar surface area (TPSA) is 17.1 Å². The van der Waals surface area contributed by atoms with Gasteiger partial charge in [-0.05, 0) is 25.0 Å². The van der Waals surface area contributed by atoms with Gasteiger partial charge in [-0.2, -0.15) is 0 Å². The van der Waals surface area contributed by atoms with Crippen LogP contribution >= 0.6 is 0 Å². The summed E-state index contributed by atoms with van der Waals surface area (Å²) >= 11 is 0. The lowest BCUT2D eigenvalue weighted by Crippen LogP contribution is -2.04. The molecule has 0 atom stereocenters. The maximum absolute atomic E-state index is 13.4. The number of benzene rings is 2. The second-order valence-corrected chi connectivity index (χ2v) is 6.56. The fourth-order valence-corrected chi connectivity index (χ4v) is 2.84. The molecular formula is C21H24F2O. The van der Waals surface area contributed by atoms with Gasteiger partial charge in [-0.1, -0.05) is 68.9 Å². The largest absolute Gasteiger partial charge is 0.288 e. The van der Waals surface area contributed by atoms with Crippen molar-refractivity contribution < 1.29 is 13.6 Å². The van der Waals surface area contributed by atoms with E-state index in [1.54, 1.807) is 24.3 Å². The number of hydrogen-bond acceptors (Lipinski definition) is 1. The lowest BCUT2D eigenvalue weighted by molar-refractivity contribution is 0.103. The Morgan fingerprint density at radius 2 is 1.58 bits per heavy atom. The summed E-state index contributed by atoms with van der Waals surface area (Å²) in [5, 5.41) is 0. The van der Waals surface area contributed by atoms with Gasteiger partial charge in [-0.25, -0.2) is 8.78 Å². The van der Waals surface area contributed by atoms with Crippen LogP contribution in [-0.2, 0) is 0 Å². The maximum atomic E-state index is 13.4. The van der Waals surface area contributed by atoms with Gasteiger partial charge in [0, 0.05) is 11.6 Å². The minimum Gasteiger partial charge on any atom is -0.288 e. The average molecular weight is 330 g/mol. The first-order valence-electron chi connectivity index (χ1n) is 8.54. The van der Waals surface area contributed by atoms with E-state index in [-0.39, 0.29) is 5.56 Å². The Morgan fingerprint density at radius 1 is 0.958 bits per heavy atom. The van der Waals surface area contributed by atoms with Crippen molar-refractivity contribution in [1.82, 2.24) is 0 Å². The molecule has 0 spiro atoms. The standard InChI is InChI=1S/C14H10F2O.C7H14/c1-9-2-4-10(5-3-9)14(17)12-7-6-11(15)8-13(12)16;1-7-5-3-2-4-6-7/h2-8H,1H3;7H,2-6H2,1H3. The van der Waals surface area contributed by atoms with Crippen LogP contribution in [0.5, 0.6) is 0 Å². The van der Waals surface area contributed by atoms with Crippen molar-refractivity contribution in [1.29, 1.82) is 0 Å². The Morgan fingerprint density at radius 3 is 2.08 bits per heavy atom. The molecule has 0 heterocycles. The Bertz CT molecular complexity index is 671. The molecular weight excluding hydrogens is 306 g/mol. The van der Waals surface area contributed by atoms with Crippen LogP contribution in [0.2, 0.25) is 0 Å². The number of carbonyl (C=O) groups is 1. The zero-order valence-electron chi connectivity index (χ0n) is 14.3. The fourth-order valence-electron chi connectivity index (χ4n) is 2.84. The van der Waals surface area contributed by atoms with Crippen molar-refractivity contribution in [2.45, 2.75) is 46.0 Å². The summed E-state index contributed by atoms with van der Waals surface area (Å²) < 4.78 is 26.1. The summed E-state index contributed by atoms with van der Waals surface area (Å²) in [6.45, 7) is 4.26. The van der Waals surface area contributed by atoms with Crippen molar-refractivity contribution in [3.05, 3.63) is 70.8 Å². The van der Waals surface area contributed by atoms with Crippen LogP contribution in [0, 0.1) is 24.5 Å². The molecule has 0 aromatic heterocycles. The van der Waals surface area contributed by atoms with E-state index in [1.807, 2.05) is 6.92 Å². The van der Waals surface area contributed by atoms with Crippen LogP contribution in [0.3, 0.4) is 0 Å². The number of halogens is 2. The first-order chi connectivity index (χ1) is 11.5. The zero-order valence-corrected chi connectivity index (χ0v) is 14.3. The van der Waals surface area contributed by atoms with Crippen molar-refractivity contribution in [3.8, 4) is 0 Å². The third kappa shape index (κ3) is 5.26. The number of carbonyl (C=O) groups excluding carboxylic acids is 1. The highest BCUT2D eigenvalue weighted by Crippen LogP contribution is 2.22. The first-order valence-corrected chi connectivity index (χ1v) is 8.54. The van der Waals surface area contributed by atoms with Crippen molar-refractivity contribution in [2.24, 2.45) is 5.92 Å². The second kappa shape index (κ2) is 8.72. The summed E-state index contributed by atoms with van der Waals surface area (Å²) in [4.78, 5) is 11.9. The summed E-state index contributed by atoms with van der Waals surface area (Å²) in [6, 6.07) is 9.74. The van der Waals surface area contributed by atoms with Gasteiger partial charge in [-0.3, -0.25) is 4.79 Å². The molecule has 0 saturated heterocycles. The van der Waals surface area contributed by atoms with Gasteiger partial charge in [-0.15, -0.1) is 0 Å². The van der Waals surface area contributed by atoms with Crippen molar-refractivity contribution in [2.75, 3.05) is 0 Å². The van der Waals surface area contributed by atoms with Gasteiger partial charge < -0.3 is 0 Å². The minimum atomic E-state index is -0.837. The molecule has 0 bridgehead atoms. The van der Waals surface area contributed by atoms with Gasteiger partial charge >= 0.3 is 0 Å². The molecule has 0 amide bonds. The Kier molecular flexibility index (Phi) is 6.65. The van der Waals surface area contributed by atoms with Crippen molar-refractivity contribution >= 4 is 5.78 Å². The number of ketones is 1. The molecule has 1 aliphatic rings. The van der Waals surface area contributed by atoms with E-state index >= 15 is 0 Å². The van der Waals surface area contributed by atoms with Gasteiger partial charge in [0.05, 0.1) is 5.56 Å². The molecule has 1 nitrogen and oxygen atoms in total. The van der Waals surface area contributed by atoms with Crippen LogP contribution in [0.4, 0.5) is 8.78 Å². The third-order valence-corrected chi connectivity index (χ3v) is 4.38. The Labute approximate surface area is 142 Å². The molecule has 128 valence electrons. The van der Waals surface area contributed by atoms with Crippen LogP contribution in [-0.4, -0.2) is 5.78 Å². The monoisotopic (exact) mass is 330 g/mol. The molecule has 1 aliphatic carbocycles. The molecule has 0 aliphatic heterocycles. The number of rotatable bonds is 2. The molecule has 24 heavy (non-hydrogen) atoms. The van der Waals surface area contributed by atoms with E-state index in [0.29, 0.717) is 11.6 Å². The lowest BCUT2D eigenvalue weighted by atomic mass is 9.91. The molecule has 1 fully saturated rings. The predicted octanol–water partition coefficient (Wildman–Crippen LogP) is 6.09. The summed E-state index contributed by atoms with van der Waals surface area (Å²) in [6.07, 6.45) is 7.44. The molecule has 1 saturated carbocycles. The van der Waals surface area contributed by atoms with Crippen LogP contribution in [0.25, 0.3) is 0 Å². The highest BCUT2D eigenvalue weighted by atomic mass is 19.1. The van der Waals surface area contributed by atoms with E-state index in [2.05, 4.69) is 6.92 Å². The minimum absolute atomic E-state index is 0.116. The van der Waals surface area contributed by atoms with Gasteiger partial charge in [0.1, 0.15) is 11.6 Å². The molecule has 2 aromatic carbocycles. The molecule has 2 aromatic rings. The molecule has 0 unspecified atom stereocenters. The number of aryl methyl sites for hydroxylation is 1. The smallest absolute Gasteiger partial charge is 0.195 e. The molecule has 3 rings (SSSR count). The highest BCUT2D eigenvalue weighted by Gasteiger charge is 2.14. The van der Waals surface area contributed by atoms with E-state index in [1.165, 1.54) is 32.1 Å². The third-order valence-electron chi connectivity index (χ3n) is 4.38. The highest BCUT2D eigenvalue weighted by molar-refractivity contribution is 6.09. The average Bonchev–Trinajstić information content (AvgIpc) is 2.56. The van der Waals surface area contributed by atoms with Crippen LogP contribution < -0.4 is 0 Å². The van der Waals surface area contributed by atoms with E-state index in [0.717, 1.165) is 23.6 Å². The van der Waals surface area contributed by atoms with E-state index in [9.17, 15) is 13.6 Å². The summed E-state index contributed by atoms with van der Waals surface area (Å²) in [5.74, 6) is -0.935. The molecule has 3 heteroatoms. The van der Waals surface area contributed by atoms with Crippen molar-refractivity contribution in [3.63, 3.8) is 0 Å². The lowest BCUT2D eigenvalue weighted by Gasteiger charge is -2.15. The van der Waals surface area contributed by atoms with Gasteiger partial charge in [0.2, 0.25) is 0 Å². The predicted molar refractivity (Wildman–Crippen MR) is 93.2 cm³/mol. The quantitative estimate of drug-likeness (QED) is 0.609. The summed E-state index contributed by atoms with van der Waals surface area (Å²) in [5.41, 5.74) is 1.29. The Balaban J connectivity index is 0.000000249.